The number of hydrogen-bond donors (Lipinski definition) is 3. The predicted octanol–water partition coefficient (Wildman–Crippen LogP) is 1.88. The Balaban J connectivity index is 1.84. The van der Waals surface area contributed by atoms with Gasteiger partial charge in [0.15, 0.2) is 13.1 Å². The van der Waals surface area contributed by atoms with Crippen molar-refractivity contribution in [2.45, 2.75) is 6.92 Å². The smallest absolute Gasteiger partial charge is 0.279 e. The van der Waals surface area contributed by atoms with E-state index in [1.54, 1.807) is 31.3 Å². The quantitative estimate of drug-likeness (QED) is 0.733. The maximum absolute atomic E-state index is 13.1. The molecule has 25 heavy (non-hydrogen) atoms. The van der Waals surface area contributed by atoms with Crippen LogP contribution in [0.2, 0.25) is 5.02 Å². The summed E-state index contributed by atoms with van der Waals surface area (Å²) < 4.78 is 13.1. The number of rotatable bonds is 6. The van der Waals surface area contributed by atoms with Crippen LogP contribution >= 0.6 is 11.6 Å². The normalized spacial score (nSPS) is 11.7. The van der Waals surface area contributed by atoms with E-state index in [4.69, 9.17) is 11.6 Å². The molecule has 0 heterocycles. The summed E-state index contributed by atoms with van der Waals surface area (Å²) in [6, 6.07) is 10.9. The van der Waals surface area contributed by atoms with Gasteiger partial charge in [0.1, 0.15) is 5.82 Å². The van der Waals surface area contributed by atoms with Gasteiger partial charge in [-0.2, -0.15) is 0 Å². The van der Waals surface area contributed by atoms with Crippen molar-refractivity contribution in [2.24, 2.45) is 0 Å². The van der Waals surface area contributed by atoms with Crippen LogP contribution in [0.5, 0.6) is 0 Å². The molecule has 1 atom stereocenters. The average Bonchev–Trinajstić information content (AvgIpc) is 2.51. The first-order chi connectivity index (χ1) is 11.8. The number of nitrogens with one attached hydrogen (secondary N) is 3. The Kier molecular flexibility index (Phi) is 6.50. The number of benzene rings is 2. The van der Waals surface area contributed by atoms with Gasteiger partial charge in [0.25, 0.3) is 11.8 Å². The Morgan fingerprint density at radius 2 is 1.72 bits per heavy atom. The topological polar surface area (TPSA) is 62.6 Å². The largest absolute Gasteiger partial charge is 0.322 e. The van der Waals surface area contributed by atoms with Crippen molar-refractivity contribution >= 4 is 34.8 Å². The van der Waals surface area contributed by atoms with Crippen molar-refractivity contribution < 1.29 is 18.9 Å². The van der Waals surface area contributed by atoms with Gasteiger partial charge in [-0.3, -0.25) is 9.59 Å². The number of anilines is 2. The van der Waals surface area contributed by atoms with Crippen molar-refractivity contribution in [3.05, 3.63) is 58.9 Å². The molecule has 2 aromatic carbocycles. The van der Waals surface area contributed by atoms with E-state index >= 15 is 0 Å². The van der Waals surface area contributed by atoms with E-state index in [-0.39, 0.29) is 24.9 Å². The lowest BCUT2D eigenvalue weighted by Gasteiger charge is -2.15. The Morgan fingerprint density at radius 1 is 1.08 bits per heavy atom. The fourth-order valence-corrected chi connectivity index (χ4v) is 2.49. The summed E-state index contributed by atoms with van der Waals surface area (Å²) in [6.45, 7) is 2.02. The predicted molar refractivity (Wildman–Crippen MR) is 96.5 cm³/mol. The van der Waals surface area contributed by atoms with E-state index in [0.29, 0.717) is 21.3 Å². The third-order valence-electron chi connectivity index (χ3n) is 3.57. The second-order valence-corrected chi connectivity index (χ2v) is 6.24. The molecule has 7 heteroatoms. The van der Waals surface area contributed by atoms with Crippen molar-refractivity contribution in [2.75, 3.05) is 30.8 Å². The monoisotopic (exact) mass is 364 g/mol. The molecule has 0 bridgehead atoms. The van der Waals surface area contributed by atoms with Crippen LogP contribution in [0.4, 0.5) is 15.8 Å². The van der Waals surface area contributed by atoms with Crippen LogP contribution in [0.25, 0.3) is 0 Å². The lowest BCUT2D eigenvalue weighted by atomic mass is 10.2. The van der Waals surface area contributed by atoms with Gasteiger partial charge in [0, 0.05) is 16.4 Å². The van der Waals surface area contributed by atoms with Gasteiger partial charge in [-0.05, 0) is 42.8 Å². The Bertz CT molecular complexity index is 783. The van der Waals surface area contributed by atoms with Gasteiger partial charge in [0.2, 0.25) is 0 Å². The van der Waals surface area contributed by atoms with E-state index in [9.17, 15) is 14.0 Å². The lowest BCUT2D eigenvalue weighted by molar-refractivity contribution is -0.862. The van der Waals surface area contributed by atoms with Crippen LogP contribution in [0.15, 0.2) is 42.5 Å². The molecular formula is C18H20ClFN3O2+. The lowest BCUT2D eigenvalue weighted by Crippen LogP contribution is -3.11. The number of likely N-dealkylation sites (N-methyl/N-ethyl adjacent to an activating group) is 1. The third-order valence-corrected chi connectivity index (χ3v) is 3.98. The van der Waals surface area contributed by atoms with E-state index < -0.39 is 5.82 Å². The van der Waals surface area contributed by atoms with Crippen LogP contribution in [0.3, 0.4) is 0 Å². The fourth-order valence-electron chi connectivity index (χ4n) is 2.32. The molecule has 0 fully saturated rings. The zero-order valence-corrected chi connectivity index (χ0v) is 14.8. The summed E-state index contributed by atoms with van der Waals surface area (Å²) in [7, 11) is 1.73. The molecule has 0 saturated heterocycles. The average molecular weight is 365 g/mol. The molecule has 3 N–H and O–H groups in total. The number of amides is 2. The number of quaternary nitrogens is 1. The summed E-state index contributed by atoms with van der Waals surface area (Å²) in [5, 5.41) is 5.97. The molecule has 2 aromatic rings. The summed E-state index contributed by atoms with van der Waals surface area (Å²) >= 11 is 6.02. The number of carbonyl (C=O) groups is 2. The molecule has 2 amide bonds. The standard InChI is InChI=1S/C18H19ClFN3O2/c1-12-15(19)7-4-8-16(12)22-18(25)11-23(2)10-17(24)21-14-6-3-5-13(20)9-14/h3-9H,10-11H2,1-2H3,(H,21,24)(H,22,25)/p+1. The molecule has 0 aliphatic carbocycles. The highest BCUT2D eigenvalue weighted by atomic mass is 35.5. The van der Waals surface area contributed by atoms with Crippen LogP contribution in [-0.4, -0.2) is 32.0 Å². The second kappa shape index (κ2) is 8.60. The van der Waals surface area contributed by atoms with Crippen molar-refractivity contribution in [3.8, 4) is 0 Å². The second-order valence-electron chi connectivity index (χ2n) is 5.83. The minimum atomic E-state index is -0.422. The molecule has 0 aliphatic heterocycles. The van der Waals surface area contributed by atoms with E-state index in [1.165, 1.54) is 18.2 Å². The molecule has 132 valence electrons. The highest BCUT2D eigenvalue weighted by Gasteiger charge is 2.15. The van der Waals surface area contributed by atoms with E-state index in [1.807, 2.05) is 6.92 Å². The minimum absolute atomic E-state index is 0.0818. The highest BCUT2D eigenvalue weighted by molar-refractivity contribution is 6.31. The van der Waals surface area contributed by atoms with Crippen molar-refractivity contribution in [1.82, 2.24) is 0 Å². The first-order valence-electron chi connectivity index (χ1n) is 7.77. The molecule has 0 aromatic heterocycles. The van der Waals surface area contributed by atoms with Crippen molar-refractivity contribution in [3.63, 3.8) is 0 Å². The molecule has 5 nitrogen and oxygen atoms in total. The maximum atomic E-state index is 13.1. The SMILES string of the molecule is Cc1c(Cl)cccc1NC(=O)C[NH+](C)CC(=O)Nc1cccc(F)c1. The summed E-state index contributed by atoms with van der Waals surface area (Å²) in [4.78, 5) is 24.8. The molecular weight excluding hydrogens is 345 g/mol. The molecule has 0 radical (unpaired) electrons. The summed E-state index contributed by atoms with van der Waals surface area (Å²) in [5.74, 6) is -0.939. The van der Waals surface area contributed by atoms with E-state index in [0.717, 1.165) is 5.56 Å². The summed E-state index contributed by atoms with van der Waals surface area (Å²) in [5.41, 5.74) is 1.82. The van der Waals surface area contributed by atoms with E-state index in [2.05, 4.69) is 10.6 Å². The highest BCUT2D eigenvalue weighted by Crippen LogP contribution is 2.22. The molecule has 2 rings (SSSR count). The van der Waals surface area contributed by atoms with Crippen molar-refractivity contribution in [1.29, 1.82) is 0 Å². The van der Waals surface area contributed by atoms with Crippen LogP contribution in [0.1, 0.15) is 5.56 Å². The van der Waals surface area contributed by atoms with Crippen LogP contribution in [0, 0.1) is 12.7 Å². The molecule has 1 unspecified atom stereocenters. The third kappa shape index (κ3) is 5.85. The van der Waals surface area contributed by atoms with Gasteiger partial charge >= 0.3 is 0 Å². The Morgan fingerprint density at radius 3 is 2.40 bits per heavy atom. The van der Waals surface area contributed by atoms with Gasteiger partial charge in [-0.25, -0.2) is 4.39 Å². The maximum Gasteiger partial charge on any atom is 0.279 e. The van der Waals surface area contributed by atoms with Gasteiger partial charge < -0.3 is 15.5 Å². The first kappa shape index (κ1) is 18.9. The molecule has 0 saturated carbocycles. The fraction of sp³-hybridized carbons (Fsp3) is 0.222. The van der Waals surface area contributed by atoms with Crippen LogP contribution < -0.4 is 15.5 Å². The summed E-state index contributed by atoms with van der Waals surface area (Å²) in [6.07, 6.45) is 0. The Labute approximate surface area is 150 Å². The Hall–Kier alpha value is -2.44. The van der Waals surface area contributed by atoms with Gasteiger partial charge in [0.05, 0.1) is 7.05 Å². The van der Waals surface area contributed by atoms with Crippen LogP contribution in [-0.2, 0) is 9.59 Å². The van der Waals surface area contributed by atoms with Gasteiger partial charge in [-0.1, -0.05) is 23.7 Å². The number of hydrogen-bond acceptors (Lipinski definition) is 2. The molecule has 0 spiro atoms. The van der Waals surface area contributed by atoms with Gasteiger partial charge in [-0.15, -0.1) is 0 Å². The zero-order valence-electron chi connectivity index (χ0n) is 14.0. The number of halogens is 2. The first-order valence-corrected chi connectivity index (χ1v) is 8.14. The molecule has 0 aliphatic rings. The number of carbonyl (C=O) groups excluding carboxylic acids is 2. The minimum Gasteiger partial charge on any atom is -0.322 e. The zero-order chi connectivity index (χ0) is 18.4.